The first-order valence-electron chi connectivity index (χ1n) is 6.42. The molecule has 0 saturated carbocycles. The van der Waals surface area contributed by atoms with Gasteiger partial charge >= 0.3 is 0 Å². The number of ether oxygens (including phenoxy) is 2. The largest absolute Gasteiger partial charge is 0.497 e. The lowest BCUT2D eigenvalue weighted by Crippen LogP contribution is -2.39. The van der Waals surface area contributed by atoms with Gasteiger partial charge in [-0.15, -0.1) is 6.58 Å². The number of methoxy groups -OCH3 is 1. The van der Waals surface area contributed by atoms with E-state index >= 15 is 0 Å². The summed E-state index contributed by atoms with van der Waals surface area (Å²) >= 11 is 0. The van der Waals surface area contributed by atoms with E-state index in [-0.39, 0.29) is 5.92 Å². The number of rotatable bonds is 3. The van der Waals surface area contributed by atoms with Gasteiger partial charge in [-0.25, -0.2) is 0 Å². The fraction of sp³-hybridized carbons (Fsp3) is 0.375. The van der Waals surface area contributed by atoms with Crippen LogP contribution in [0, 0.1) is 34.0 Å². The molecule has 0 radical (unpaired) electrons. The van der Waals surface area contributed by atoms with Crippen LogP contribution in [-0.4, -0.2) is 13.7 Å². The smallest absolute Gasteiger partial charge is 0.180 e. The van der Waals surface area contributed by atoms with E-state index in [9.17, 15) is 10.5 Å². The summed E-state index contributed by atoms with van der Waals surface area (Å²) in [5.41, 5.74) is -0.422. The van der Waals surface area contributed by atoms with Gasteiger partial charge < -0.3 is 9.47 Å². The summed E-state index contributed by atoms with van der Waals surface area (Å²) in [6.45, 7) is 4.27. The molecule has 0 unspecified atom stereocenters. The zero-order chi connectivity index (χ0) is 14.6. The SMILES string of the molecule is C=C[C@H]1CCO[C@H](c2ccc(OC)cc2)C1(C#N)C#N. The van der Waals surface area contributed by atoms with Gasteiger partial charge in [0.1, 0.15) is 11.9 Å². The number of nitrogens with zero attached hydrogens (tertiary/aromatic N) is 2. The van der Waals surface area contributed by atoms with Crippen molar-refractivity contribution in [1.82, 2.24) is 0 Å². The van der Waals surface area contributed by atoms with Gasteiger partial charge in [-0.3, -0.25) is 0 Å². The predicted octanol–water partition coefficient (Wildman–Crippen LogP) is 2.99. The Kier molecular flexibility index (Phi) is 4.08. The van der Waals surface area contributed by atoms with Crippen LogP contribution in [0.5, 0.6) is 5.75 Å². The Bertz CT molecular complexity index is 552. The highest BCUT2D eigenvalue weighted by atomic mass is 16.5. The van der Waals surface area contributed by atoms with Crippen LogP contribution in [0.2, 0.25) is 0 Å². The topological polar surface area (TPSA) is 66.0 Å². The van der Waals surface area contributed by atoms with Gasteiger partial charge in [0.05, 0.1) is 19.2 Å². The van der Waals surface area contributed by atoms with Crippen LogP contribution in [0.4, 0.5) is 0 Å². The molecule has 4 nitrogen and oxygen atoms in total. The van der Waals surface area contributed by atoms with Gasteiger partial charge in [0, 0.05) is 12.5 Å². The van der Waals surface area contributed by atoms with Gasteiger partial charge in [0.25, 0.3) is 0 Å². The summed E-state index contributed by atoms with van der Waals surface area (Å²) in [7, 11) is 1.59. The van der Waals surface area contributed by atoms with Crippen molar-refractivity contribution in [2.45, 2.75) is 12.5 Å². The third kappa shape index (κ3) is 2.15. The third-order valence-electron chi connectivity index (χ3n) is 3.78. The van der Waals surface area contributed by atoms with Crippen molar-refractivity contribution in [3.8, 4) is 17.9 Å². The standard InChI is InChI=1S/C16H16N2O2/c1-3-13-8-9-20-15(16(13,10-17)11-18)12-4-6-14(19-2)7-5-12/h3-7,13,15H,1,8-9H2,2H3/t13-,15+/m0/s1. The average molecular weight is 268 g/mol. The lowest BCUT2D eigenvalue weighted by molar-refractivity contribution is -0.0577. The molecule has 1 saturated heterocycles. The summed E-state index contributed by atoms with van der Waals surface area (Å²) in [5, 5.41) is 19.1. The van der Waals surface area contributed by atoms with E-state index in [0.717, 1.165) is 11.3 Å². The molecule has 2 atom stereocenters. The maximum atomic E-state index is 9.55. The van der Waals surface area contributed by atoms with E-state index < -0.39 is 11.5 Å². The Hall–Kier alpha value is -2.30. The highest BCUT2D eigenvalue weighted by molar-refractivity contribution is 5.35. The molecule has 1 aliphatic heterocycles. The summed E-state index contributed by atoms with van der Waals surface area (Å²) in [6.07, 6.45) is 1.75. The van der Waals surface area contributed by atoms with Crippen LogP contribution < -0.4 is 4.74 Å². The molecule has 102 valence electrons. The lowest BCUT2D eigenvalue weighted by atomic mass is 9.68. The Labute approximate surface area is 118 Å². The highest BCUT2D eigenvalue weighted by Crippen LogP contribution is 2.47. The van der Waals surface area contributed by atoms with E-state index in [1.54, 1.807) is 25.3 Å². The molecular weight excluding hydrogens is 252 g/mol. The number of nitriles is 2. The Balaban J connectivity index is 2.44. The van der Waals surface area contributed by atoms with Crippen LogP contribution in [0.3, 0.4) is 0 Å². The molecule has 0 aliphatic carbocycles. The van der Waals surface area contributed by atoms with Crippen LogP contribution in [-0.2, 0) is 4.74 Å². The number of hydrogen-bond donors (Lipinski definition) is 0. The fourth-order valence-electron chi connectivity index (χ4n) is 2.62. The van der Waals surface area contributed by atoms with Gasteiger partial charge in [0.15, 0.2) is 5.41 Å². The quantitative estimate of drug-likeness (QED) is 0.790. The predicted molar refractivity (Wildman–Crippen MR) is 73.7 cm³/mol. The molecule has 0 aromatic heterocycles. The van der Waals surface area contributed by atoms with Gasteiger partial charge in [-0.05, 0) is 24.1 Å². The summed E-state index contributed by atoms with van der Waals surface area (Å²) < 4.78 is 10.9. The van der Waals surface area contributed by atoms with Crippen LogP contribution in [0.15, 0.2) is 36.9 Å². The fourth-order valence-corrected chi connectivity index (χ4v) is 2.62. The highest BCUT2D eigenvalue weighted by Gasteiger charge is 2.49. The van der Waals surface area contributed by atoms with Crippen molar-refractivity contribution < 1.29 is 9.47 Å². The van der Waals surface area contributed by atoms with Gasteiger partial charge in [-0.1, -0.05) is 18.2 Å². The molecular formula is C16H16N2O2. The molecule has 1 heterocycles. The van der Waals surface area contributed by atoms with Crippen molar-refractivity contribution in [3.05, 3.63) is 42.5 Å². The minimum atomic E-state index is -1.23. The Morgan fingerprint density at radius 3 is 2.50 bits per heavy atom. The molecule has 1 aliphatic rings. The van der Waals surface area contributed by atoms with Crippen molar-refractivity contribution in [2.24, 2.45) is 11.3 Å². The first kappa shape index (κ1) is 14.1. The van der Waals surface area contributed by atoms with E-state index in [0.29, 0.717) is 13.0 Å². The molecule has 0 spiro atoms. The van der Waals surface area contributed by atoms with Gasteiger partial charge in [-0.2, -0.15) is 10.5 Å². The number of allylic oxidation sites excluding steroid dienone is 1. The molecule has 0 N–H and O–H groups in total. The molecule has 1 aromatic rings. The van der Waals surface area contributed by atoms with Crippen molar-refractivity contribution in [2.75, 3.05) is 13.7 Å². The average Bonchev–Trinajstić information content (AvgIpc) is 2.53. The Morgan fingerprint density at radius 1 is 1.35 bits per heavy atom. The van der Waals surface area contributed by atoms with Crippen LogP contribution in [0.1, 0.15) is 18.1 Å². The number of benzene rings is 1. The molecule has 20 heavy (non-hydrogen) atoms. The zero-order valence-electron chi connectivity index (χ0n) is 11.4. The van der Waals surface area contributed by atoms with E-state index in [2.05, 4.69) is 18.7 Å². The zero-order valence-corrected chi connectivity index (χ0v) is 11.4. The maximum absolute atomic E-state index is 9.55. The summed E-state index contributed by atoms with van der Waals surface area (Å²) in [5.74, 6) is 0.530. The summed E-state index contributed by atoms with van der Waals surface area (Å²) in [4.78, 5) is 0. The second-order valence-electron chi connectivity index (χ2n) is 4.75. The number of hydrogen-bond acceptors (Lipinski definition) is 4. The normalized spacial score (nSPS) is 24.1. The van der Waals surface area contributed by atoms with E-state index in [4.69, 9.17) is 9.47 Å². The Morgan fingerprint density at radius 2 is 2.00 bits per heavy atom. The maximum Gasteiger partial charge on any atom is 0.180 e. The summed E-state index contributed by atoms with van der Waals surface area (Å²) in [6, 6.07) is 11.6. The second kappa shape index (κ2) is 5.77. The van der Waals surface area contributed by atoms with Crippen LogP contribution >= 0.6 is 0 Å². The first-order chi connectivity index (χ1) is 9.71. The first-order valence-corrected chi connectivity index (χ1v) is 6.42. The lowest BCUT2D eigenvalue weighted by Gasteiger charge is -2.39. The van der Waals surface area contributed by atoms with Crippen LogP contribution in [0.25, 0.3) is 0 Å². The second-order valence-corrected chi connectivity index (χ2v) is 4.75. The van der Waals surface area contributed by atoms with Crippen molar-refractivity contribution in [1.29, 1.82) is 10.5 Å². The van der Waals surface area contributed by atoms with Crippen molar-refractivity contribution >= 4 is 0 Å². The molecule has 1 aromatic carbocycles. The molecule has 2 rings (SSSR count). The van der Waals surface area contributed by atoms with E-state index in [1.807, 2.05) is 12.1 Å². The monoisotopic (exact) mass is 268 g/mol. The molecule has 0 amide bonds. The molecule has 4 heteroatoms. The third-order valence-corrected chi connectivity index (χ3v) is 3.78. The minimum absolute atomic E-state index is 0.196. The van der Waals surface area contributed by atoms with Crippen molar-refractivity contribution in [3.63, 3.8) is 0 Å². The molecule has 1 fully saturated rings. The van der Waals surface area contributed by atoms with E-state index in [1.165, 1.54) is 0 Å². The molecule has 0 bridgehead atoms. The minimum Gasteiger partial charge on any atom is -0.497 e. The van der Waals surface area contributed by atoms with Gasteiger partial charge in [0.2, 0.25) is 0 Å².